The molecule has 0 saturated carbocycles. The Morgan fingerprint density at radius 3 is 2.36 bits per heavy atom. The zero-order chi connectivity index (χ0) is 15.6. The lowest BCUT2D eigenvalue weighted by Crippen LogP contribution is -2.26. The van der Waals surface area contributed by atoms with Crippen molar-refractivity contribution in [2.45, 2.75) is 12.5 Å². The number of hydrogen-bond acceptors (Lipinski definition) is 4. The summed E-state index contributed by atoms with van der Waals surface area (Å²) in [6.45, 7) is 0.869. The molecule has 0 aliphatic heterocycles. The van der Waals surface area contributed by atoms with E-state index in [-0.39, 0.29) is 25.9 Å². The van der Waals surface area contributed by atoms with Gasteiger partial charge in [-0.3, -0.25) is 0 Å². The van der Waals surface area contributed by atoms with Crippen molar-refractivity contribution in [1.29, 1.82) is 0 Å². The second-order valence-corrected chi connectivity index (χ2v) is 5.03. The highest BCUT2D eigenvalue weighted by Gasteiger charge is 2.16. The van der Waals surface area contributed by atoms with Crippen molar-refractivity contribution in [1.82, 2.24) is 5.32 Å². The summed E-state index contributed by atoms with van der Waals surface area (Å²) in [5, 5.41) is 21.4. The minimum Gasteiger partial charge on any atom is -0.491 e. The third-order valence-corrected chi connectivity index (χ3v) is 3.43. The Balaban J connectivity index is 2.20. The summed E-state index contributed by atoms with van der Waals surface area (Å²) in [7, 11) is 0. The Kier molecular flexibility index (Phi) is 6.90. The molecular weight excluding hydrogens is 278 g/mol. The van der Waals surface area contributed by atoms with Gasteiger partial charge in [-0.15, -0.1) is 0 Å². The van der Waals surface area contributed by atoms with Gasteiger partial charge in [0.15, 0.2) is 0 Å². The maximum absolute atomic E-state index is 9.11. The first-order chi connectivity index (χ1) is 10.8. The molecule has 2 rings (SSSR count). The number of para-hydroxylation sites is 1. The Morgan fingerprint density at radius 2 is 1.64 bits per heavy atom. The summed E-state index contributed by atoms with van der Waals surface area (Å²) in [5.74, 6) is 0.767. The molecule has 22 heavy (non-hydrogen) atoms. The molecule has 0 amide bonds. The van der Waals surface area contributed by atoms with Gasteiger partial charge in [0.25, 0.3) is 0 Å². The summed E-state index contributed by atoms with van der Waals surface area (Å²) in [6.07, 6.45) is 0.806. The van der Waals surface area contributed by atoms with Gasteiger partial charge in [0, 0.05) is 18.2 Å². The Bertz CT molecular complexity index is 545. The molecular formula is C18H23NO3. The van der Waals surface area contributed by atoms with Crippen LogP contribution in [0.15, 0.2) is 54.6 Å². The van der Waals surface area contributed by atoms with Gasteiger partial charge < -0.3 is 20.3 Å². The number of aliphatic hydroxyl groups excluding tert-OH is 2. The lowest BCUT2D eigenvalue weighted by molar-refractivity contribution is 0.199. The van der Waals surface area contributed by atoms with Gasteiger partial charge in [-0.1, -0.05) is 48.5 Å². The highest BCUT2D eigenvalue weighted by atomic mass is 16.5. The van der Waals surface area contributed by atoms with Crippen LogP contribution in [-0.2, 0) is 6.42 Å². The average molecular weight is 301 g/mol. The predicted molar refractivity (Wildman–Crippen MR) is 87.0 cm³/mol. The lowest BCUT2D eigenvalue weighted by Gasteiger charge is -2.22. The number of nitrogens with one attached hydrogen (secondary N) is 1. The largest absolute Gasteiger partial charge is 0.491 e. The average Bonchev–Trinajstić information content (AvgIpc) is 2.58. The van der Waals surface area contributed by atoms with Crippen LogP contribution in [0.3, 0.4) is 0 Å². The van der Waals surface area contributed by atoms with Crippen LogP contribution in [0.4, 0.5) is 0 Å². The molecule has 0 heterocycles. The van der Waals surface area contributed by atoms with Gasteiger partial charge in [0.1, 0.15) is 12.4 Å². The number of benzene rings is 2. The normalized spacial score (nSPS) is 12.1. The topological polar surface area (TPSA) is 61.7 Å². The molecule has 1 atom stereocenters. The first-order valence-corrected chi connectivity index (χ1v) is 7.56. The van der Waals surface area contributed by atoms with Crippen LogP contribution >= 0.6 is 0 Å². The summed E-state index contributed by atoms with van der Waals surface area (Å²) in [4.78, 5) is 0. The number of aliphatic hydroxyl groups is 2. The van der Waals surface area contributed by atoms with Crippen LogP contribution in [0.25, 0.3) is 0 Å². The molecule has 3 N–H and O–H groups in total. The second-order valence-electron chi connectivity index (χ2n) is 5.03. The van der Waals surface area contributed by atoms with E-state index in [1.807, 2.05) is 42.5 Å². The predicted octanol–water partition coefficient (Wildman–Crippen LogP) is 1.92. The third kappa shape index (κ3) is 4.84. The van der Waals surface area contributed by atoms with E-state index in [4.69, 9.17) is 14.9 Å². The van der Waals surface area contributed by atoms with Crippen molar-refractivity contribution in [2.24, 2.45) is 0 Å². The zero-order valence-corrected chi connectivity index (χ0v) is 12.6. The highest BCUT2D eigenvalue weighted by Crippen LogP contribution is 2.27. The van der Waals surface area contributed by atoms with E-state index >= 15 is 0 Å². The van der Waals surface area contributed by atoms with Crippen molar-refractivity contribution in [3.63, 3.8) is 0 Å². The summed E-state index contributed by atoms with van der Waals surface area (Å²) in [5.41, 5.74) is 2.25. The molecule has 4 heteroatoms. The quantitative estimate of drug-likeness (QED) is 0.662. The van der Waals surface area contributed by atoms with Crippen LogP contribution in [0.1, 0.15) is 17.2 Å². The Morgan fingerprint density at radius 1 is 0.909 bits per heavy atom. The van der Waals surface area contributed by atoms with Crippen LogP contribution in [0.5, 0.6) is 5.75 Å². The molecule has 2 aromatic rings. The van der Waals surface area contributed by atoms with Gasteiger partial charge in [0.2, 0.25) is 0 Å². The van der Waals surface area contributed by atoms with Gasteiger partial charge in [-0.25, -0.2) is 0 Å². The number of hydrogen-bond donors (Lipinski definition) is 3. The fourth-order valence-electron chi connectivity index (χ4n) is 2.44. The van der Waals surface area contributed by atoms with E-state index in [1.165, 1.54) is 5.56 Å². The van der Waals surface area contributed by atoms with Crippen LogP contribution in [0.2, 0.25) is 0 Å². The molecule has 2 aromatic carbocycles. The van der Waals surface area contributed by atoms with E-state index < -0.39 is 0 Å². The van der Waals surface area contributed by atoms with Crippen LogP contribution in [0, 0.1) is 0 Å². The maximum Gasteiger partial charge on any atom is 0.124 e. The third-order valence-electron chi connectivity index (χ3n) is 3.43. The minimum absolute atomic E-state index is 0.0121. The van der Waals surface area contributed by atoms with Gasteiger partial charge in [-0.05, 0) is 18.1 Å². The standard InChI is InChI=1S/C18H23NO3/c20-11-10-19-17(14-15-6-2-1-3-7-15)16-8-4-5-9-18(16)22-13-12-21/h1-9,17,19-21H,10-14H2/t17-/m0/s1. The molecule has 0 fully saturated rings. The lowest BCUT2D eigenvalue weighted by atomic mass is 9.98. The van der Waals surface area contributed by atoms with Crippen LogP contribution < -0.4 is 10.1 Å². The summed E-state index contributed by atoms with van der Waals surface area (Å²) in [6, 6.07) is 18.1. The monoisotopic (exact) mass is 301 g/mol. The molecule has 0 aromatic heterocycles. The van der Waals surface area contributed by atoms with E-state index in [0.29, 0.717) is 6.54 Å². The first kappa shape index (κ1) is 16.5. The maximum atomic E-state index is 9.11. The number of ether oxygens (including phenoxy) is 1. The van der Waals surface area contributed by atoms with Crippen molar-refractivity contribution >= 4 is 0 Å². The van der Waals surface area contributed by atoms with Crippen molar-refractivity contribution in [2.75, 3.05) is 26.4 Å². The van der Waals surface area contributed by atoms with Crippen molar-refractivity contribution in [3.8, 4) is 5.75 Å². The van der Waals surface area contributed by atoms with Crippen molar-refractivity contribution < 1.29 is 14.9 Å². The van der Waals surface area contributed by atoms with E-state index in [0.717, 1.165) is 17.7 Å². The van der Waals surface area contributed by atoms with E-state index in [1.54, 1.807) is 0 Å². The second kappa shape index (κ2) is 9.20. The fourth-order valence-corrected chi connectivity index (χ4v) is 2.44. The molecule has 0 saturated heterocycles. The zero-order valence-electron chi connectivity index (χ0n) is 12.6. The van der Waals surface area contributed by atoms with Crippen molar-refractivity contribution in [3.05, 3.63) is 65.7 Å². The fraction of sp³-hybridized carbons (Fsp3) is 0.333. The highest BCUT2D eigenvalue weighted by molar-refractivity contribution is 5.37. The van der Waals surface area contributed by atoms with Gasteiger partial charge in [0.05, 0.1) is 13.2 Å². The summed E-state index contributed by atoms with van der Waals surface area (Å²) < 4.78 is 5.63. The van der Waals surface area contributed by atoms with E-state index in [2.05, 4.69) is 17.4 Å². The summed E-state index contributed by atoms with van der Waals surface area (Å²) >= 11 is 0. The first-order valence-electron chi connectivity index (χ1n) is 7.56. The minimum atomic E-state index is -0.0121. The molecule has 0 aliphatic carbocycles. The molecule has 118 valence electrons. The molecule has 0 spiro atoms. The molecule has 0 radical (unpaired) electrons. The molecule has 4 nitrogen and oxygen atoms in total. The number of rotatable bonds is 9. The van der Waals surface area contributed by atoms with E-state index in [9.17, 15) is 0 Å². The van der Waals surface area contributed by atoms with Gasteiger partial charge in [-0.2, -0.15) is 0 Å². The smallest absolute Gasteiger partial charge is 0.124 e. The Labute approximate surface area is 131 Å². The molecule has 0 bridgehead atoms. The SMILES string of the molecule is OCCN[C@@H](Cc1ccccc1)c1ccccc1OCCO. The molecule has 0 unspecified atom stereocenters. The molecule has 0 aliphatic rings. The van der Waals surface area contributed by atoms with Crippen LogP contribution in [-0.4, -0.2) is 36.6 Å². The Hall–Kier alpha value is -1.88. The van der Waals surface area contributed by atoms with Gasteiger partial charge >= 0.3 is 0 Å².